The van der Waals surface area contributed by atoms with Crippen LogP contribution in [0.5, 0.6) is 0 Å². The molecule has 0 aliphatic heterocycles. The monoisotopic (exact) mass is 301 g/mol. The molecular weight excluding hydrogens is 281 g/mol. The van der Waals surface area contributed by atoms with E-state index in [0.29, 0.717) is 11.5 Å². The molecule has 5 heteroatoms. The van der Waals surface area contributed by atoms with E-state index in [-0.39, 0.29) is 17.8 Å². The Morgan fingerprint density at radius 1 is 1.32 bits per heavy atom. The van der Waals surface area contributed by atoms with Crippen molar-refractivity contribution in [3.8, 4) is 0 Å². The Labute approximate surface area is 129 Å². The molecule has 0 bridgehead atoms. The molecule has 3 rings (SSSR count). The number of halogens is 1. The van der Waals surface area contributed by atoms with Gasteiger partial charge in [-0.1, -0.05) is 25.0 Å². The largest absolute Gasteiger partial charge is 0.345 e. The van der Waals surface area contributed by atoms with Gasteiger partial charge in [0.25, 0.3) is 5.91 Å². The highest BCUT2D eigenvalue weighted by molar-refractivity contribution is 5.94. The van der Waals surface area contributed by atoms with Crippen LogP contribution >= 0.6 is 0 Å². The fourth-order valence-electron chi connectivity index (χ4n) is 3.20. The van der Waals surface area contributed by atoms with E-state index in [9.17, 15) is 9.18 Å². The second kappa shape index (κ2) is 6.30. The molecule has 1 fully saturated rings. The minimum atomic E-state index is -0.257. The number of rotatable bonds is 4. The van der Waals surface area contributed by atoms with Gasteiger partial charge in [-0.3, -0.25) is 9.48 Å². The maximum atomic E-state index is 13.2. The maximum Gasteiger partial charge on any atom is 0.254 e. The summed E-state index contributed by atoms with van der Waals surface area (Å²) in [5, 5.41) is 7.14. The summed E-state index contributed by atoms with van der Waals surface area (Å²) in [5.74, 6) is 0.0212. The molecule has 1 heterocycles. The summed E-state index contributed by atoms with van der Waals surface area (Å²) >= 11 is 0. The number of nitrogens with zero attached hydrogens (tertiary/aromatic N) is 2. The van der Waals surface area contributed by atoms with Gasteiger partial charge in [0.2, 0.25) is 0 Å². The summed E-state index contributed by atoms with van der Waals surface area (Å²) in [6.07, 6.45) is 7.82. The van der Waals surface area contributed by atoms with E-state index in [1.807, 2.05) is 0 Å². The molecule has 1 atom stereocenters. The lowest BCUT2D eigenvalue weighted by Crippen LogP contribution is -2.32. The van der Waals surface area contributed by atoms with E-state index < -0.39 is 0 Å². The number of hydrogen-bond donors (Lipinski definition) is 1. The quantitative estimate of drug-likeness (QED) is 0.942. The third-order valence-corrected chi connectivity index (χ3v) is 4.35. The molecular formula is C17H20FN3O. The standard InChI is InChI=1S/C17H20FN3O/c1-21-11-14(10-19-21)17(22)20-16(12-4-2-3-5-12)13-6-8-15(18)9-7-13/h6-12,16H,2-5H2,1H3,(H,20,22). The highest BCUT2D eigenvalue weighted by Gasteiger charge is 2.28. The van der Waals surface area contributed by atoms with Gasteiger partial charge in [0.15, 0.2) is 0 Å². The number of amides is 1. The van der Waals surface area contributed by atoms with Gasteiger partial charge in [-0.15, -0.1) is 0 Å². The van der Waals surface area contributed by atoms with Crippen LogP contribution in [0.15, 0.2) is 36.7 Å². The average molecular weight is 301 g/mol. The Morgan fingerprint density at radius 2 is 2.00 bits per heavy atom. The van der Waals surface area contributed by atoms with Crippen LogP contribution in [0.25, 0.3) is 0 Å². The molecule has 22 heavy (non-hydrogen) atoms. The molecule has 2 aromatic rings. The van der Waals surface area contributed by atoms with Crippen LogP contribution in [-0.4, -0.2) is 15.7 Å². The molecule has 1 N–H and O–H groups in total. The Morgan fingerprint density at radius 3 is 2.59 bits per heavy atom. The zero-order valence-corrected chi connectivity index (χ0v) is 12.6. The van der Waals surface area contributed by atoms with Crippen LogP contribution in [0.3, 0.4) is 0 Å². The number of aromatic nitrogens is 2. The lowest BCUT2D eigenvalue weighted by molar-refractivity contribution is 0.0921. The van der Waals surface area contributed by atoms with Crippen molar-refractivity contribution in [3.05, 3.63) is 53.6 Å². The van der Waals surface area contributed by atoms with Crippen molar-refractivity contribution in [3.63, 3.8) is 0 Å². The van der Waals surface area contributed by atoms with Crippen LogP contribution in [0.2, 0.25) is 0 Å². The van der Waals surface area contributed by atoms with Crippen molar-refractivity contribution in [2.75, 3.05) is 0 Å². The summed E-state index contributed by atoms with van der Waals surface area (Å²) in [7, 11) is 1.78. The second-order valence-electron chi connectivity index (χ2n) is 5.95. The normalized spacial score (nSPS) is 16.6. The molecule has 1 saturated carbocycles. The lowest BCUT2D eigenvalue weighted by atomic mass is 9.91. The number of benzene rings is 1. The Kier molecular flexibility index (Phi) is 4.22. The van der Waals surface area contributed by atoms with E-state index in [0.717, 1.165) is 18.4 Å². The van der Waals surface area contributed by atoms with Gasteiger partial charge in [-0.2, -0.15) is 5.10 Å². The fourth-order valence-corrected chi connectivity index (χ4v) is 3.20. The predicted octanol–water partition coefficient (Wildman–Crippen LogP) is 3.22. The molecule has 1 aliphatic carbocycles. The second-order valence-corrected chi connectivity index (χ2v) is 5.95. The summed E-state index contributed by atoms with van der Waals surface area (Å²) in [5.41, 5.74) is 1.51. The summed E-state index contributed by atoms with van der Waals surface area (Å²) in [4.78, 5) is 12.4. The van der Waals surface area contributed by atoms with Crippen molar-refractivity contribution >= 4 is 5.91 Å². The van der Waals surface area contributed by atoms with Crippen LogP contribution in [-0.2, 0) is 7.05 Å². The van der Waals surface area contributed by atoms with E-state index >= 15 is 0 Å². The minimum Gasteiger partial charge on any atom is -0.345 e. The molecule has 1 aliphatic rings. The van der Waals surface area contributed by atoms with Gasteiger partial charge in [0, 0.05) is 13.2 Å². The third kappa shape index (κ3) is 3.18. The molecule has 1 aromatic heterocycles. The Hall–Kier alpha value is -2.17. The molecule has 0 radical (unpaired) electrons. The van der Waals surface area contributed by atoms with Gasteiger partial charge in [0.1, 0.15) is 5.82 Å². The van der Waals surface area contributed by atoms with E-state index in [2.05, 4.69) is 10.4 Å². The van der Waals surface area contributed by atoms with E-state index in [1.54, 1.807) is 36.3 Å². The number of carbonyl (C=O) groups is 1. The first kappa shape index (κ1) is 14.8. The molecule has 1 unspecified atom stereocenters. The van der Waals surface area contributed by atoms with Crippen molar-refractivity contribution < 1.29 is 9.18 Å². The first-order valence-electron chi connectivity index (χ1n) is 7.68. The summed E-state index contributed by atoms with van der Waals surface area (Å²) in [6, 6.07) is 6.36. The Bertz CT molecular complexity index is 644. The highest BCUT2D eigenvalue weighted by atomic mass is 19.1. The van der Waals surface area contributed by atoms with E-state index in [4.69, 9.17) is 0 Å². The molecule has 116 valence electrons. The molecule has 0 saturated heterocycles. The summed E-state index contributed by atoms with van der Waals surface area (Å²) in [6.45, 7) is 0. The van der Waals surface area contributed by atoms with Gasteiger partial charge in [0.05, 0.1) is 17.8 Å². The van der Waals surface area contributed by atoms with Crippen molar-refractivity contribution in [2.24, 2.45) is 13.0 Å². The van der Waals surface area contributed by atoms with Crippen LogP contribution in [0.4, 0.5) is 4.39 Å². The third-order valence-electron chi connectivity index (χ3n) is 4.35. The smallest absolute Gasteiger partial charge is 0.254 e. The van der Waals surface area contributed by atoms with Gasteiger partial charge in [-0.25, -0.2) is 4.39 Å². The average Bonchev–Trinajstić information content (AvgIpc) is 3.17. The topological polar surface area (TPSA) is 46.9 Å². The van der Waals surface area contributed by atoms with E-state index in [1.165, 1.54) is 25.0 Å². The number of hydrogen-bond acceptors (Lipinski definition) is 2. The lowest BCUT2D eigenvalue weighted by Gasteiger charge is -2.25. The molecule has 4 nitrogen and oxygen atoms in total. The first-order chi connectivity index (χ1) is 10.6. The first-order valence-corrected chi connectivity index (χ1v) is 7.68. The van der Waals surface area contributed by atoms with Crippen molar-refractivity contribution in [2.45, 2.75) is 31.7 Å². The molecule has 1 amide bonds. The van der Waals surface area contributed by atoms with Gasteiger partial charge >= 0.3 is 0 Å². The molecule has 0 spiro atoms. The van der Waals surface area contributed by atoms with Crippen LogP contribution in [0, 0.1) is 11.7 Å². The van der Waals surface area contributed by atoms with Crippen LogP contribution < -0.4 is 5.32 Å². The Balaban J connectivity index is 1.82. The predicted molar refractivity (Wildman–Crippen MR) is 81.8 cm³/mol. The van der Waals surface area contributed by atoms with Gasteiger partial charge in [-0.05, 0) is 36.5 Å². The number of nitrogens with one attached hydrogen (secondary N) is 1. The van der Waals surface area contributed by atoms with Crippen molar-refractivity contribution in [1.82, 2.24) is 15.1 Å². The molecule has 1 aromatic carbocycles. The highest BCUT2D eigenvalue weighted by Crippen LogP contribution is 2.36. The number of carbonyl (C=O) groups excluding carboxylic acids is 1. The zero-order chi connectivity index (χ0) is 15.5. The number of aryl methyl sites for hydroxylation is 1. The van der Waals surface area contributed by atoms with Crippen molar-refractivity contribution in [1.29, 1.82) is 0 Å². The fraction of sp³-hybridized carbons (Fsp3) is 0.412. The minimum absolute atomic E-state index is 0.0733. The van der Waals surface area contributed by atoms with Crippen LogP contribution in [0.1, 0.15) is 47.6 Å². The zero-order valence-electron chi connectivity index (χ0n) is 12.6. The SMILES string of the molecule is Cn1cc(C(=O)NC(c2ccc(F)cc2)C2CCCC2)cn1. The maximum absolute atomic E-state index is 13.2. The van der Waals surface area contributed by atoms with Gasteiger partial charge < -0.3 is 5.32 Å². The summed E-state index contributed by atoms with van der Waals surface area (Å²) < 4.78 is 14.8.